The minimum Gasteiger partial charge on any atom is -0.381 e. The Kier molecular flexibility index (Phi) is 3.92. The lowest BCUT2D eigenvalue weighted by molar-refractivity contribution is -0.150. The molecule has 1 N–H and O–H groups in total. The quantitative estimate of drug-likeness (QED) is 0.834. The molecule has 0 amide bonds. The van der Waals surface area contributed by atoms with E-state index in [9.17, 15) is 0 Å². The van der Waals surface area contributed by atoms with Crippen LogP contribution in [0.2, 0.25) is 0 Å². The highest BCUT2D eigenvalue weighted by Gasteiger charge is 2.41. The van der Waals surface area contributed by atoms with Gasteiger partial charge in [0, 0.05) is 25.9 Å². The van der Waals surface area contributed by atoms with Crippen molar-refractivity contribution in [3.05, 3.63) is 0 Å². The van der Waals surface area contributed by atoms with Crippen molar-refractivity contribution >= 4 is 0 Å². The Morgan fingerprint density at radius 3 is 2.61 bits per heavy atom. The van der Waals surface area contributed by atoms with Gasteiger partial charge in [-0.25, -0.2) is 0 Å². The van der Waals surface area contributed by atoms with Gasteiger partial charge in [-0.15, -0.1) is 0 Å². The molecule has 2 unspecified atom stereocenters. The maximum absolute atomic E-state index is 6.14. The fourth-order valence-electron chi connectivity index (χ4n) is 3.76. The Hall–Kier alpha value is -0.120. The Labute approximate surface area is 111 Å². The lowest BCUT2D eigenvalue weighted by atomic mass is 9.76. The highest BCUT2D eigenvalue weighted by atomic mass is 16.5. The first-order valence-electron chi connectivity index (χ1n) is 7.70. The van der Waals surface area contributed by atoms with Gasteiger partial charge in [-0.2, -0.15) is 0 Å². The molecule has 3 heteroatoms. The first kappa shape index (κ1) is 12.9. The van der Waals surface area contributed by atoms with Crippen molar-refractivity contribution in [3.63, 3.8) is 0 Å². The molecule has 2 atom stereocenters. The number of nitrogens with one attached hydrogen (secondary N) is 1. The Morgan fingerprint density at radius 1 is 1.17 bits per heavy atom. The van der Waals surface area contributed by atoms with Crippen molar-refractivity contribution in [3.8, 4) is 0 Å². The lowest BCUT2D eigenvalue weighted by Gasteiger charge is -2.45. The van der Waals surface area contributed by atoms with Crippen molar-refractivity contribution in [2.45, 2.75) is 56.6 Å². The van der Waals surface area contributed by atoms with E-state index in [0.29, 0.717) is 6.04 Å². The summed E-state index contributed by atoms with van der Waals surface area (Å²) < 4.78 is 11.6. The molecule has 1 saturated carbocycles. The van der Waals surface area contributed by atoms with Crippen molar-refractivity contribution < 1.29 is 9.47 Å². The van der Waals surface area contributed by atoms with Gasteiger partial charge in [0.25, 0.3) is 0 Å². The average molecular weight is 253 g/mol. The van der Waals surface area contributed by atoms with Crippen LogP contribution in [0.4, 0.5) is 0 Å². The first-order chi connectivity index (χ1) is 8.81. The van der Waals surface area contributed by atoms with E-state index in [4.69, 9.17) is 9.47 Å². The number of ether oxygens (including phenoxy) is 2. The minimum atomic E-state index is 0.153. The van der Waals surface area contributed by atoms with Crippen LogP contribution in [0.25, 0.3) is 0 Å². The zero-order valence-electron chi connectivity index (χ0n) is 11.6. The maximum Gasteiger partial charge on any atom is 0.0729 e. The molecule has 2 saturated heterocycles. The van der Waals surface area contributed by atoms with Crippen LogP contribution in [0.5, 0.6) is 0 Å². The number of rotatable bonds is 4. The predicted molar refractivity (Wildman–Crippen MR) is 71.6 cm³/mol. The molecule has 104 valence electrons. The van der Waals surface area contributed by atoms with E-state index in [1.165, 1.54) is 32.1 Å². The normalized spacial score (nSPS) is 33.5. The third-order valence-corrected chi connectivity index (χ3v) is 5.16. The molecule has 0 aromatic carbocycles. The Bertz CT molecular complexity index is 266. The topological polar surface area (TPSA) is 30.5 Å². The molecule has 0 radical (unpaired) electrons. The van der Waals surface area contributed by atoms with E-state index < -0.39 is 0 Å². The Morgan fingerprint density at radius 2 is 1.94 bits per heavy atom. The van der Waals surface area contributed by atoms with Crippen molar-refractivity contribution in [1.82, 2.24) is 5.32 Å². The average Bonchev–Trinajstić information content (AvgIpc) is 3.21. The van der Waals surface area contributed by atoms with Crippen LogP contribution < -0.4 is 5.32 Å². The molecule has 2 aliphatic heterocycles. The van der Waals surface area contributed by atoms with Gasteiger partial charge in [0.1, 0.15) is 0 Å². The molecular formula is C15H27NO2. The van der Waals surface area contributed by atoms with Crippen LogP contribution in [0, 0.1) is 11.8 Å². The highest BCUT2D eigenvalue weighted by Crippen LogP contribution is 2.41. The molecular weight excluding hydrogens is 226 g/mol. The van der Waals surface area contributed by atoms with E-state index >= 15 is 0 Å². The number of hydrogen-bond acceptors (Lipinski definition) is 3. The second-order valence-corrected chi connectivity index (χ2v) is 6.47. The van der Waals surface area contributed by atoms with Crippen molar-refractivity contribution in [2.24, 2.45) is 11.8 Å². The Balaban J connectivity index is 1.60. The molecule has 3 aliphatic rings. The summed E-state index contributed by atoms with van der Waals surface area (Å²) in [6.45, 7) is 2.73. The van der Waals surface area contributed by atoms with Crippen LogP contribution in [0.3, 0.4) is 0 Å². The van der Waals surface area contributed by atoms with Crippen LogP contribution in [-0.2, 0) is 9.47 Å². The molecule has 1 spiro atoms. The van der Waals surface area contributed by atoms with Gasteiger partial charge in [-0.05, 0) is 51.0 Å². The van der Waals surface area contributed by atoms with Crippen LogP contribution in [0.15, 0.2) is 0 Å². The van der Waals surface area contributed by atoms with Crippen LogP contribution in [-0.4, -0.2) is 38.5 Å². The van der Waals surface area contributed by atoms with Gasteiger partial charge in [-0.3, -0.25) is 0 Å². The summed E-state index contributed by atoms with van der Waals surface area (Å²) in [5.74, 6) is 1.82. The molecule has 18 heavy (non-hydrogen) atoms. The molecule has 0 aromatic rings. The zero-order chi connectivity index (χ0) is 12.4. The summed E-state index contributed by atoms with van der Waals surface area (Å²) in [5.41, 5.74) is 0.153. The van der Waals surface area contributed by atoms with Gasteiger partial charge < -0.3 is 14.8 Å². The maximum atomic E-state index is 6.14. The zero-order valence-corrected chi connectivity index (χ0v) is 11.6. The fourth-order valence-corrected chi connectivity index (χ4v) is 3.76. The van der Waals surface area contributed by atoms with Crippen LogP contribution >= 0.6 is 0 Å². The molecule has 0 aromatic heterocycles. The molecule has 1 aliphatic carbocycles. The van der Waals surface area contributed by atoms with Gasteiger partial charge in [0.15, 0.2) is 0 Å². The van der Waals surface area contributed by atoms with Gasteiger partial charge in [0.05, 0.1) is 5.60 Å². The highest BCUT2D eigenvalue weighted by molar-refractivity contribution is 4.94. The predicted octanol–water partition coefficient (Wildman–Crippen LogP) is 2.35. The monoisotopic (exact) mass is 253 g/mol. The second-order valence-electron chi connectivity index (χ2n) is 6.47. The third kappa shape index (κ3) is 2.89. The molecule has 3 nitrogen and oxygen atoms in total. The standard InChI is InChI=1S/C15H27NO2/c1-16-14(10-12-2-3-12)13-4-7-18-15(11-13)5-8-17-9-6-15/h12-14,16H,2-11H2,1H3. The van der Waals surface area contributed by atoms with Crippen LogP contribution in [0.1, 0.15) is 44.9 Å². The minimum absolute atomic E-state index is 0.153. The van der Waals surface area contributed by atoms with Gasteiger partial charge >= 0.3 is 0 Å². The summed E-state index contributed by atoms with van der Waals surface area (Å²) in [4.78, 5) is 0. The smallest absolute Gasteiger partial charge is 0.0729 e. The molecule has 3 fully saturated rings. The first-order valence-corrected chi connectivity index (χ1v) is 7.70. The van der Waals surface area contributed by atoms with E-state index in [-0.39, 0.29) is 5.60 Å². The van der Waals surface area contributed by atoms with Crippen molar-refractivity contribution in [1.29, 1.82) is 0 Å². The summed E-state index contributed by atoms with van der Waals surface area (Å²) in [7, 11) is 2.14. The van der Waals surface area contributed by atoms with Crippen molar-refractivity contribution in [2.75, 3.05) is 26.9 Å². The number of hydrogen-bond donors (Lipinski definition) is 1. The van der Waals surface area contributed by atoms with Gasteiger partial charge in [0.2, 0.25) is 0 Å². The lowest BCUT2D eigenvalue weighted by Crippen LogP contribution is -2.48. The summed E-state index contributed by atoms with van der Waals surface area (Å²) in [6, 6.07) is 0.709. The summed E-state index contributed by atoms with van der Waals surface area (Å²) in [6.07, 6.45) is 8.98. The van der Waals surface area contributed by atoms with E-state index in [1.807, 2.05) is 0 Å². The fraction of sp³-hybridized carbons (Fsp3) is 1.00. The third-order valence-electron chi connectivity index (χ3n) is 5.16. The van der Waals surface area contributed by atoms with E-state index in [0.717, 1.165) is 44.5 Å². The summed E-state index contributed by atoms with van der Waals surface area (Å²) in [5, 5.41) is 3.58. The van der Waals surface area contributed by atoms with E-state index in [1.54, 1.807) is 0 Å². The summed E-state index contributed by atoms with van der Waals surface area (Å²) >= 11 is 0. The molecule has 2 heterocycles. The molecule has 0 bridgehead atoms. The second kappa shape index (κ2) is 5.48. The largest absolute Gasteiger partial charge is 0.381 e. The SMILES string of the molecule is CNC(CC1CC1)C1CCOC2(CCOCC2)C1. The van der Waals surface area contributed by atoms with Gasteiger partial charge in [-0.1, -0.05) is 12.8 Å². The molecule has 3 rings (SSSR count). The van der Waals surface area contributed by atoms with E-state index in [2.05, 4.69) is 12.4 Å².